The SMILES string of the molecule is O=P([O-])(O)OC[C@H]1O[C@H](O)[C@H](O)[C@@H](O)[C@@H]1O.[Na+]. The number of rotatable bonds is 3. The fraction of sp³-hybridized carbons (Fsp3) is 1.00. The van der Waals surface area contributed by atoms with E-state index >= 15 is 0 Å². The summed E-state index contributed by atoms with van der Waals surface area (Å²) in [7, 11) is -4.98. The molecule has 1 unspecified atom stereocenters. The first-order valence-corrected chi connectivity index (χ1v) is 5.78. The fourth-order valence-corrected chi connectivity index (χ4v) is 1.57. The molecule has 0 radical (unpaired) electrons. The van der Waals surface area contributed by atoms with Gasteiger partial charge >= 0.3 is 29.6 Å². The van der Waals surface area contributed by atoms with Crippen molar-refractivity contribution >= 4 is 7.82 Å². The van der Waals surface area contributed by atoms with Gasteiger partial charge in [-0.2, -0.15) is 0 Å². The molecule has 17 heavy (non-hydrogen) atoms. The van der Waals surface area contributed by atoms with Crippen molar-refractivity contribution in [3.63, 3.8) is 0 Å². The van der Waals surface area contributed by atoms with E-state index in [1.54, 1.807) is 0 Å². The molecule has 0 saturated carbocycles. The maximum absolute atomic E-state index is 10.3. The third kappa shape index (κ3) is 5.19. The van der Waals surface area contributed by atoms with Gasteiger partial charge in [0.05, 0.1) is 6.61 Å². The zero-order valence-corrected chi connectivity index (χ0v) is 11.8. The van der Waals surface area contributed by atoms with Crippen LogP contribution in [0.1, 0.15) is 0 Å². The minimum atomic E-state index is -4.98. The summed E-state index contributed by atoms with van der Waals surface area (Å²) in [6.45, 7) is -0.792. The Balaban J connectivity index is 0.00000256. The van der Waals surface area contributed by atoms with Crippen LogP contribution in [0.5, 0.6) is 0 Å². The second-order valence-electron chi connectivity index (χ2n) is 3.30. The van der Waals surface area contributed by atoms with Crippen LogP contribution in [-0.2, 0) is 13.8 Å². The maximum Gasteiger partial charge on any atom is 1.00 e. The van der Waals surface area contributed by atoms with Gasteiger partial charge in [-0.3, -0.25) is 4.57 Å². The largest absolute Gasteiger partial charge is 1.00 e. The van der Waals surface area contributed by atoms with Crippen molar-refractivity contribution in [2.45, 2.75) is 30.7 Å². The monoisotopic (exact) mass is 282 g/mol. The van der Waals surface area contributed by atoms with Gasteiger partial charge < -0.3 is 39.5 Å². The molecule has 5 N–H and O–H groups in total. The Kier molecular flexibility index (Phi) is 7.27. The molecule has 1 aliphatic heterocycles. The molecule has 1 saturated heterocycles. The first-order valence-electron chi connectivity index (χ1n) is 4.28. The van der Waals surface area contributed by atoms with Gasteiger partial charge in [0.15, 0.2) is 6.29 Å². The number of hydrogen-bond donors (Lipinski definition) is 5. The Bertz CT molecular complexity index is 283. The first kappa shape index (κ1) is 17.9. The van der Waals surface area contributed by atoms with Gasteiger partial charge in [-0.1, -0.05) is 0 Å². The second kappa shape index (κ2) is 6.90. The maximum atomic E-state index is 10.3. The summed E-state index contributed by atoms with van der Waals surface area (Å²) < 4.78 is 18.8. The van der Waals surface area contributed by atoms with Crippen LogP contribution < -0.4 is 34.5 Å². The Labute approximate surface area is 119 Å². The van der Waals surface area contributed by atoms with Gasteiger partial charge in [0.2, 0.25) is 0 Å². The molecule has 1 rings (SSSR count). The van der Waals surface area contributed by atoms with Crippen molar-refractivity contribution in [3.8, 4) is 0 Å². The molecule has 0 bridgehead atoms. The van der Waals surface area contributed by atoms with E-state index in [1.807, 2.05) is 0 Å². The Morgan fingerprint density at radius 3 is 2.18 bits per heavy atom. The zero-order chi connectivity index (χ0) is 12.5. The topological polar surface area (TPSA) is 160 Å². The Morgan fingerprint density at radius 2 is 1.71 bits per heavy atom. The quantitative estimate of drug-likeness (QED) is 0.250. The molecule has 0 aromatic carbocycles. The van der Waals surface area contributed by atoms with Crippen molar-refractivity contribution in [3.05, 3.63) is 0 Å². The van der Waals surface area contributed by atoms with Gasteiger partial charge in [-0.25, -0.2) is 0 Å². The molecule has 6 atom stereocenters. The average molecular weight is 282 g/mol. The summed E-state index contributed by atoms with van der Waals surface area (Å²) in [6, 6.07) is 0. The fourth-order valence-electron chi connectivity index (χ4n) is 1.24. The summed E-state index contributed by atoms with van der Waals surface area (Å²) >= 11 is 0. The van der Waals surface area contributed by atoms with Crippen molar-refractivity contribution < 1.29 is 73.6 Å². The molecule has 0 aromatic rings. The van der Waals surface area contributed by atoms with Crippen LogP contribution in [0.15, 0.2) is 0 Å². The molecular formula is C6H12NaO9P. The molecule has 0 amide bonds. The molecular weight excluding hydrogens is 270 g/mol. The third-order valence-electron chi connectivity index (χ3n) is 2.09. The minimum Gasteiger partial charge on any atom is -0.756 e. The molecule has 1 aliphatic rings. The van der Waals surface area contributed by atoms with Crippen molar-refractivity contribution in [2.75, 3.05) is 6.61 Å². The number of aliphatic hydroxyl groups excluding tert-OH is 4. The molecule has 96 valence electrons. The molecule has 9 nitrogen and oxygen atoms in total. The molecule has 0 spiro atoms. The van der Waals surface area contributed by atoms with Crippen molar-refractivity contribution in [1.29, 1.82) is 0 Å². The zero-order valence-electron chi connectivity index (χ0n) is 8.91. The van der Waals surface area contributed by atoms with E-state index < -0.39 is 45.1 Å². The second-order valence-corrected chi connectivity index (χ2v) is 4.50. The third-order valence-corrected chi connectivity index (χ3v) is 2.56. The number of phosphoric acid groups is 1. The number of phosphoric ester groups is 1. The molecule has 0 aliphatic carbocycles. The molecule has 1 fully saturated rings. The van der Waals surface area contributed by atoms with Crippen molar-refractivity contribution in [1.82, 2.24) is 0 Å². The Morgan fingerprint density at radius 1 is 1.18 bits per heavy atom. The summed E-state index contributed by atoms with van der Waals surface area (Å²) in [5.41, 5.74) is 0. The van der Waals surface area contributed by atoms with E-state index in [2.05, 4.69) is 9.26 Å². The van der Waals surface area contributed by atoms with Crippen LogP contribution in [-0.4, -0.2) is 62.6 Å². The van der Waals surface area contributed by atoms with Crippen LogP contribution in [0.3, 0.4) is 0 Å². The van der Waals surface area contributed by atoms with Gasteiger partial charge in [0.1, 0.15) is 24.4 Å². The number of ether oxygens (including phenoxy) is 1. The average Bonchev–Trinajstić information content (AvgIpc) is 2.17. The van der Waals surface area contributed by atoms with Crippen LogP contribution in [0.25, 0.3) is 0 Å². The summed E-state index contributed by atoms with van der Waals surface area (Å²) in [4.78, 5) is 18.5. The van der Waals surface area contributed by atoms with E-state index in [9.17, 15) is 19.7 Å². The summed E-state index contributed by atoms with van der Waals surface area (Å²) in [5, 5.41) is 36.7. The van der Waals surface area contributed by atoms with E-state index in [1.165, 1.54) is 0 Å². The van der Waals surface area contributed by atoms with Crippen LogP contribution in [0.2, 0.25) is 0 Å². The van der Waals surface area contributed by atoms with Crippen molar-refractivity contribution in [2.24, 2.45) is 0 Å². The summed E-state index contributed by atoms with van der Waals surface area (Å²) in [6.07, 6.45) is -8.23. The molecule has 0 aromatic heterocycles. The standard InChI is InChI=1S/C6H13O9P.Na/c7-3-2(1-14-16(11,12)13)15-6(10)5(9)4(3)8;/h2-10H,1H2,(H2,11,12,13);/q;+1/p-1/t2-,3-,4+,5-,6+;/m1./s1. The number of aliphatic hydroxyl groups is 4. The van der Waals surface area contributed by atoms with Crippen LogP contribution >= 0.6 is 7.82 Å². The van der Waals surface area contributed by atoms with E-state index in [4.69, 9.17) is 15.1 Å². The number of hydrogen-bond acceptors (Lipinski definition) is 8. The predicted octanol–water partition coefficient (Wildman–Crippen LogP) is -6.73. The van der Waals surface area contributed by atoms with E-state index in [-0.39, 0.29) is 29.6 Å². The summed E-state index contributed by atoms with van der Waals surface area (Å²) in [5.74, 6) is 0. The van der Waals surface area contributed by atoms with Gasteiger partial charge in [0.25, 0.3) is 7.82 Å². The smallest absolute Gasteiger partial charge is 0.756 e. The minimum absolute atomic E-state index is 0. The van der Waals surface area contributed by atoms with Gasteiger partial charge in [-0.15, -0.1) is 0 Å². The van der Waals surface area contributed by atoms with Gasteiger partial charge in [-0.05, 0) is 0 Å². The predicted molar refractivity (Wildman–Crippen MR) is 44.7 cm³/mol. The van der Waals surface area contributed by atoms with E-state index in [0.29, 0.717) is 0 Å². The molecule has 1 heterocycles. The first-order chi connectivity index (χ1) is 7.22. The Hall–Kier alpha value is 0.910. The molecule has 11 heteroatoms. The van der Waals surface area contributed by atoms with Crippen LogP contribution in [0.4, 0.5) is 0 Å². The normalized spacial score (nSPS) is 41.4. The van der Waals surface area contributed by atoms with Gasteiger partial charge in [0, 0.05) is 0 Å². The van der Waals surface area contributed by atoms with Crippen LogP contribution in [0, 0.1) is 0 Å². The van der Waals surface area contributed by atoms with E-state index in [0.717, 1.165) is 0 Å².